The van der Waals surface area contributed by atoms with E-state index in [9.17, 15) is 26.4 Å². The minimum Gasteiger partial charge on any atom is -0.448 e. The summed E-state index contributed by atoms with van der Waals surface area (Å²) in [7, 11) is -6.51. The van der Waals surface area contributed by atoms with Gasteiger partial charge in [0.15, 0.2) is 19.7 Å². The van der Waals surface area contributed by atoms with Crippen LogP contribution in [0.2, 0.25) is 0 Å². The first kappa shape index (κ1) is 18.3. The topological polar surface area (TPSA) is 148 Å². The van der Waals surface area contributed by atoms with Crippen LogP contribution in [0.3, 0.4) is 0 Å². The predicted octanol–water partition coefficient (Wildman–Crippen LogP) is -1.37. The number of rotatable bonds is 5. The molecular weight excluding hydrogens is 362 g/mol. The molecule has 3 amide bonds. The zero-order valence-electron chi connectivity index (χ0n) is 12.5. The minimum atomic E-state index is -3.26. The Bertz CT molecular complexity index is 704. The third-order valence-electron chi connectivity index (χ3n) is 3.10. The van der Waals surface area contributed by atoms with Gasteiger partial charge in [0.1, 0.15) is 6.61 Å². The van der Waals surface area contributed by atoms with E-state index in [1.165, 1.54) is 12.2 Å². The molecule has 0 bridgehead atoms. The van der Waals surface area contributed by atoms with Gasteiger partial charge in [-0.2, -0.15) is 0 Å². The van der Waals surface area contributed by atoms with E-state index in [1.807, 2.05) is 0 Å². The van der Waals surface area contributed by atoms with Gasteiger partial charge in [-0.05, 0) is 12.2 Å². The number of amides is 3. The number of ether oxygens (including phenoxy) is 1. The van der Waals surface area contributed by atoms with Crippen LogP contribution in [0, 0.1) is 0 Å². The normalized spacial score (nSPS) is 26.0. The Kier molecular flexibility index (Phi) is 5.49. The molecule has 2 aliphatic rings. The molecule has 0 saturated heterocycles. The Balaban J connectivity index is 1.58. The lowest BCUT2D eigenvalue weighted by molar-refractivity contribution is 0.145. The fourth-order valence-electron chi connectivity index (χ4n) is 2.05. The highest BCUT2D eigenvalue weighted by atomic mass is 32.2. The quantitative estimate of drug-likeness (QED) is 0.499. The van der Waals surface area contributed by atoms with Crippen molar-refractivity contribution < 1.29 is 31.2 Å². The number of urea groups is 1. The molecule has 2 atom stereocenters. The van der Waals surface area contributed by atoms with Crippen molar-refractivity contribution in [1.29, 1.82) is 0 Å². The summed E-state index contributed by atoms with van der Waals surface area (Å²) in [5.74, 6) is -0.391. The largest absolute Gasteiger partial charge is 0.448 e. The van der Waals surface area contributed by atoms with Crippen molar-refractivity contribution in [3.05, 3.63) is 23.0 Å². The third-order valence-corrected chi connectivity index (χ3v) is 5.89. The molecule has 3 N–H and O–H groups in total. The summed E-state index contributed by atoms with van der Waals surface area (Å²) in [5.41, 5.74) is 0. The second-order valence-electron chi connectivity index (χ2n) is 5.21. The molecule has 2 aliphatic heterocycles. The van der Waals surface area contributed by atoms with Crippen molar-refractivity contribution in [3.63, 3.8) is 0 Å². The zero-order valence-corrected chi connectivity index (χ0v) is 14.1. The molecule has 0 aromatic rings. The summed E-state index contributed by atoms with van der Waals surface area (Å²) < 4.78 is 49.5. The summed E-state index contributed by atoms with van der Waals surface area (Å²) in [5, 5.41) is 9.28. The molecule has 0 spiro atoms. The molecule has 2 heterocycles. The van der Waals surface area contributed by atoms with E-state index in [1.54, 1.807) is 0 Å². The van der Waals surface area contributed by atoms with Crippen LogP contribution in [-0.2, 0) is 24.4 Å². The van der Waals surface area contributed by atoms with Crippen LogP contribution in [0.1, 0.15) is 0 Å². The highest BCUT2D eigenvalue weighted by molar-refractivity contribution is 7.94. The van der Waals surface area contributed by atoms with Gasteiger partial charge in [-0.15, -0.1) is 0 Å². The standard InChI is InChI=1S/C12H17N3O7S2/c16-11(14-9-1-5-23(18,19)7-9)13-3-4-22-12(17)15-10-2-6-24(20,21)8-10/h1-2,5-6,9-10H,3-4,7-8H2,(H,15,17)(H2,13,14,16). The summed E-state index contributed by atoms with van der Waals surface area (Å²) in [6.07, 6.45) is 1.93. The van der Waals surface area contributed by atoms with Gasteiger partial charge in [-0.3, -0.25) is 0 Å². The molecule has 10 nitrogen and oxygen atoms in total. The smallest absolute Gasteiger partial charge is 0.407 e. The zero-order chi connectivity index (χ0) is 17.8. The fraction of sp³-hybridized carbons (Fsp3) is 0.500. The van der Waals surface area contributed by atoms with Gasteiger partial charge in [-0.1, -0.05) is 0 Å². The lowest BCUT2D eigenvalue weighted by atomic mass is 10.3. The van der Waals surface area contributed by atoms with Gasteiger partial charge in [-0.25, -0.2) is 26.4 Å². The number of carbonyl (C=O) groups is 2. The van der Waals surface area contributed by atoms with Crippen LogP contribution in [0.25, 0.3) is 0 Å². The Morgan fingerprint density at radius 2 is 1.50 bits per heavy atom. The van der Waals surface area contributed by atoms with E-state index < -0.39 is 43.9 Å². The lowest BCUT2D eigenvalue weighted by Crippen LogP contribution is -2.44. The van der Waals surface area contributed by atoms with Crippen molar-refractivity contribution >= 4 is 31.8 Å². The van der Waals surface area contributed by atoms with Gasteiger partial charge in [0.25, 0.3) is 0 Å². The van der Waals surface area contributed by atoms with Crippen LogP contribution in [0.5, 0.6) is 0 Å². The molecule has 2 rings (SSSR count). The molecule has 12 heteroatoms. The summed E-state index contributed by atoms with van der Waals surface area (Å²) in [6, 6.07) is -1.80. The molecule has 0 fully saturated rings. The molecule has 0 radical (unpaired) electrons. The maximum Gasteiger partial charge on any atom is 0.407 e. The number of nitrogens with one attached hydrogen (secondary N) is 3. The van der Waals surface area contributed by atoms with Crippen molar-refractivity contribution in [1.82, 2.24) is 16.0 Å². The minimum absolute atomic E-state index is 0.0151. The third kappa shape index (κ3) is 5.85. The Morgan fingerprint density at radius 1 is 0.958 bits per heavy atom. The maximum absolute atomic E-state index is 11.5. The van der Waals surface area contributed by atoms with E-state index in [4.69, 9.17) is 4.74 Å². The van der Waals surface area contributed by atoms with Crippen LogP contribution in [-0.4, -0.2) is 65.7 Å². The van der Waals surface area contributed by atoms with Crippen LogP contribution < -0.4 is 16.0 Å². The Hall–Kier alpha value is -2.08. The molecule has 0 aliphatic carbocycles. The summed E-state index contributed by atoms with van der Waals surface area (Å²) in [6.45, 7) is -0.109. The fourth-order valence-corrected chi connectivity index (χ4v) is 4.52. The summed E-state index contributed by atoms with van der Waals surface area (Å²) >= 11 is 0. The van der Waals surface area contributed by atoms with E-state index in [0.717, 1.165) is 10.8 Å². The van der Waals surface area contributed by atoms with Crippen molar-refractivity contribution in [3.8, 4) is 0 Å². The molecular formula is C12H17N3O7S2. The first-order valence-corrected chi connectivity index (χ1v) is 10.4. The Labute approximate surface area is 139 Å². The van der Waals surface area contributed by atoms with Crippen LogP contribution in [0.4, 0.5) is 9.59 Å². The lowest BCUT2D eigenvalue weighted by Gasteiger charge is -2.13. The van der Waals surface area contributed by atoms with Crippen molar-refractivity contribution in [2.75, 3.05) is 24.7 Å². The first-order chi connectivity index (χ1) is 11.2. The number of hydrogen-bond donors (Lipinski definition) is 3. The average molecular weight is 379 g/mol. The first-order valence-electron chi connectivity index (χ1n) is 6.95. The van der Waals surface area contributed by atoms with Crippen molar-refractivity contribution in [2.24, 2.45) is 0 Å². The Morgan fingerprint density at radius 3 is 2.00 bits per heavy atom. The molecule has 24 heavy (non-hydrogen) atoms. The molecule has 134 valence electrons. The molecule has 0 aromatic heterocycles. The maximum atomic E-state index is 11.5. The van der Waals surface area contributed by atoms with Crippen molar-refractivity contribution in [2.45, 2.75) is 12.1 Å². The monoisotopic (exact) mass is 379 g/mol. The van der Waals surface area contributed by atoms with Crippen LogP contribution in [0.15, 0.2) is 23.0 Å². The SMILES string of the molecule is O=C(NCCOC(=O)NC1C=CS(=O)(=O)C1)NC1C=CS(=O)(=O)C1. The van der Waals surface area contributed by atoms with Gasteiger partial charge >= 0.3 is 12.1 Å². The second kappa shape index (κ2) is 7.21. The van der Waals surface area contributed by atoms with E-state index >= 15 is 0 Å². The highest BCUT2D eigenvalue weighted by Gasteiger charge is 2.24. The number of carbonyl (C=O) groups excluding carboxylic acids is 2. The van der Waals surface area contributed by atoms with Gasteiger partial charge in [0.2, 0.25) is 0 Å². The number of alkyl carbamates (subject to hydrolysis) is 1. The molecule has 0 aromatic carbocycles. The molecule has 2 unspecified atom stereocenters. The predicted molar refractivity (Wildman–Crippen MR) is 84.4 cm³/mol. The van der Waals surface area contributed by atoms with Gasteiger partial charge in [0, 0.05) is 10.8 Å². The number of hydrogen-bond acceptors (Lipinski definition) is 7. The molecule has 0 saturated carbocycles. The highest BCUT2D eigenvalue weighted by Crippen LogP contribution is 2.08. The van der Waals surface area contributed by atoms with Crippen LogP contribution >= 0.6 is 0 Å². The van der Waals surface area contributed by atoms with E-state index in [2.05, 4.69) is 16.0 Å². The second-order valence-corrected chi connectivity index (χ2v) is 9.07. The van der Waals surface area contributed by atoms with Gasteiger partial charge < -0.3 is 20.7 Å². The average Bonchev–Trinajstić information content (AvgIpc) is 2.96. The summed E-state index contributed by atoms with van der Waals surface area (Å²) in [4.78, 5) is 23.0. The van der Waals surface area contributed by atoms with Gasteiger partial charge in [0.05, 0.1) is 30.1 Å². The van der Waals surface area contributed by atoms with E-state index in [0.29, 0.717) is 0 Å². The number of sulfone groups is 2. The van der Waals surface area contributed by atoms with E-state index in [-0.39, 0.29) is 24.7 Å².